The Morgan fingerprint density at radius 1 is 1.18 bits per heavy atom. The van der Waals surface area contributed by atoms with E-state index < -0.39 is 0 Å². The summed E-state index contributed by atoms with van der Waals surface area (Å²) >= 11 is 3.30. The summed E-state index contributed by atoms with van der Waals surface area (Å²) in [6, 6.07) is 11.7. The largest absolute Gasteiger partial charge is 0.508 e. The number of carbonyl (C=O) groups is 1. The highest BCUT2D eigenvalue weighted by molar-refractivity contribution is 9.10. The third kappa shape index (κ3) is 4.89. The topological polar surface area (TPSA) is 81.9 Å². The first kappa shape index (κ1) is 16.0. The van der Waals surface area contributed by atoms with Crippen LogP contribution in [0, 0.1) is 0 Å². The van der Waals surface area contributed by atoms with Crippen molar-refractivity contribution >= 4 is 28.1 Å². The Morgan fingerprint density at radius 2 is 1.91 bits per heavy atom. The molecule has 114 valence electrons. The second kappa shape index (κ2) is 7.61. The highest BCUT2D eigenvalue weighted by atomic mass is 79.9. The Labute approximate surface area is 136 Å². The van der Waals surface area contributed by atoms with E-state index >= 15 is 0 Å². The molecule has 0 saturated heterocycles. The molecule has 0 aliphatic carbocycles. The fourth-order valence-electron chi connectivity index (χ4n) is 1.78. The van der Waals surface area contributed by atoms with Gasteiger partial charge in [-0.3, -0.25) is 4.79 Å². The summed E-state index contributed by atoms with van der Waals surface area (Å²) in [6.45, 7) is 0. The minimum atomic E-state index is -0.223. The third-order valence-corrected chi connectivity index (χ3v) is 3.45. The molecule has 0 heterocycles. The van der Waals surface area contributed by atoms with Crippen LogP contribution in [0.5, 0.6) is 11.5 Å². The van der Waals surface area contributed by atoms with E-state index in [9.17, 15) is 15.0 Å². The first-order valence-electron chi connectivity index (χ1n) is 6.63. The molecule has 0 aliphatic rings. The Hall–Kier alpha value is -2.34. The number of phenols is 2. The Morgan fingerprint density at radius 3 is 2.64 bits per heavy atom. The van der Waals surface area contributed by atoms with Gasteiger partial charge in [0.1, 0.15) is 11.5 Å². The van der Waals surface area contributed by atoms with Crippen molar-refractivity contribution in [1.29, 1.82) is 0 Å². The zero-order valence-electron chi connectivity index (χ0n) is 11.7. The van der Waals surface area contributed by atoms with E-state index in [2.05, 4.69) is 26.5 Å². The number of hydrazone groups is 1. The summed E-state index contributed by atoms with van der Waals surface area (Å²) in [6.07, 6.45) is 2.23. The number of nitrogens with zero attached hydrogens (tertiary/aromatic N) is 1. The first-order valence-corrected chi connectivity index (χ1v) is 7.42. The van der Waals surface area contributed by atoms with Gasteiger partial charge in [-0.05, 0) is 42.3 Å². The molecule has 0 saturated carbocycles. The summed E-state index contributed by atoms with van der Waals surface area (Å²) in [7, 11) is 0. The van der Waals surface area contributed by atoms with Crippen LogP contribution in [0.4, 0.5) is 0 Å². The number of rotatable bonds is 5. The average molecular weight is 363 g/mol. The van der Waals surface area contributed by atoms with Crippen molar-refractivity contribution in [3.63, 3.8) is 0 Å². The lowest BCUT2D eigenvalue weighted by atomic mass is 10.1. The minimum Gasteiger partial charge on any atom is -0.508 e. The van der Waals surface area contributed by atoms with Crippen LogP contribution in [-0.4, -0.2) is 22.3 Å². The second-order valence-corrected chi connectivity index (χ2v) is 5.58. The van der Waals surface area contributed by atoms with Gasteiger partial charge in [0, 0.05) is 16.5 Å². The van der Waals surface area contributed by atoms with Crippen molar-refractivity contribution in [2.75, 3.05) is 0 Å². The van der Waals surface area contributed by atoms with Crippen LogP contribution in [-0.2, 0) is 11.2 Å². The van der Waals surface area contributed by atoms with E-state index in [1.54, 1.807) is 36.4 Å². The molecule has 0 bridgehead atoms. The number of benzene rings is 2. The average Bonchev–Trinajstić information content (AvgIpc) is 2.50. The zero-order valence-corrected chi connectivity index (χ0v) is 13.2. The van der Waals surface area contributed by atoms with E-state index in [-0.39, 0.29) is 23.8 Å². The molecule has 0 radical (unpaired) electrons. The fraction of sp³-hybridized carbons (Fsp3) is 0.125. The van der Waals surface area contributed by atoms with E-state index in [4.69, 9.17) is 0 Å². The number of hydrogen-bond acceptors (Lipinski definition) is 4. The lowest BCUT2D eigenvalue weighted by molar-refractivity contribution is -0.121. The monoisotopic (exact) mass is 362 g/mol. The van der Waals surface area contributed by atoms with Gasteiger partial charge in [-0.2, -0.15) is 5.10 Å². The van der Waals surface area contributed by atoms with E-state index in [1.807, 2.05) is 0 Å². The molecule has 6 heteroatoms. The van der Waals surface area contributed by atoms with Gasteiger partial charge in [0.05, 0.1) is 6.21 Å². The Bertz CT molecular complexity index is 684. The Kier molecular flexibility index (Phi) is 5.55. The predicted molar refractivity (Wildman–Crippen MR) is 88.0 cm³/mol. The lowest BCUT2D eigenvalue weighted by Crippen LogP contribution is -2.17. The molecule has 0 spiro atoms. The molecule has 0 fully saturated rings. The van der Waals surface area contributed by atoms with Crippen molar-refractivity contribution in [2.45, 2.75) is 12.8 Å². The molecule has 0 aliphatic heterocycles. The number of hydrogen-bond donors (Lipinski definition) is 3. The molecule has 2 aromatic carbocycles. The quantitative estimate of drug-likeness (QED) is 0.564. The van der Waals surface area contributed by atoms with E-state index in [0.29, 0.717) is 12.0 Å². The smallest absolute Gasteiger partial charge is 0.240 e. The van der Waals surface area contributed by atoms with Gasteiger partial charge in [-0.15, -0.1) is 0 Å². The lowest BCUT2D eigenvalue weighted by Gasteiger charge is -2.02. The molecule has 2 aromatic rings. The highest BCUT2D eigenvalue weighted by Gasteiger charge is 2.02. The van der Waals surface area contributed by atoms with Gasteiger partial charge < -0.3 is 10.2 Å². The summed E-state index contributed by atoms with van der Waals surface area (Å²) in [4.78, 5) is 11.7. The molecule has 0 aromatic heterocycles. The second-order valence-electron chi connectivity index (χ2n) is 4.66. The molecule has 3 N–H and O–H groups in total. The van der Waals surface area contributed by atoms with Crippen LogP contribution in [0.2, 0.25) is 0 Å². The normalized spacial score (nSPS) is 10.8. The maximum atomic E-state index is 11.7. The van der Waals surface area contributed by atoms with Crippen LogP contribution in [0.15, 0.2) is 52.0 Å². The number of aromatic hydroxyl groups is 2. The van der Waals surface area contributed by atoms with E-state index in [0.717, 1.165) is 10.0 Å². The number of halogens is 1. The first-order chi connectivity index (χ1) is 10.5. The van der Waals surface area contributed by atoms with Gasteiger partial charge in [-0.25, -0.2) is 5.43 Å². The van der Waals surface area contributed by atoms with Gasteiger partial charge >= 0.3 is 0 Å². The minimum absolute atomic E-state index is 0.0882. The summed E-state index contributed by atoms with van der Waals surface area (Å²) in [5, 5.41) is 22.6. The fourth-order valence-corrected chi connectivity index (χ4v) is 2.16. The molecular formula is C16H15BrN2O3. The molecule has 0 unspecified atom stereocenters. The van der Waals surface area contributed by atoms with Crippen LogP contribution in [0.25, 0.3) is 0 Å². The number of nitrogens with one attached hydrogen (secondary N) is 1. The molecule has 5 nitrogen and oxygen atoms in total. The standard InChI is InChI=1S/C16H15BrN2O3/c17-13-4-7-15(21)12(9-13)10-18-19-16(22)8-3-11-1-5-14(20)6-2-11/h1-2,4-7,9-10,20-21H,3,8H2,(H,19,22)/b18-10-. The summed E-state index contributed by atoms with van der Waals surface area (Å²) in [5.41, 5.74) is 3.88. The number of aryl methyl sites for hydroxylation is 1. The number of carbonyl (C=O) groups excluding carboxylic acids is 1. The van der Waals surface area contributed by atoms with Crippen molar-refractivity contribution in [1.82, 2.24) is 5.43 Å². The molecule has 1 amide bonds. The maximum Gasteiger partial charge on any atom is 0.240 e. The van der Waals surface area contributed by atoms with Crippen molar-refractivity contribution in [3.05, 3.63) is 58.1 Å². The number of phenolic OH excluding ortho intramolecular Hbond substituents is 2. The van der Waals surface area contributed by atoms with Crippen molar-refractivity contribution < 1.29 is 15.0 Å². The van der Waals surface area contributed by atoms with Crippen LogP contribution < -0.4 is 5.43 Å². The SMILES string of the molecule is O=C(CCc1ccc(O)cc1)N/N=C\c1cc(Br)ccc1O. The maximum absolute atomic E-state index is 11.7. The molecular weight excluding hydrogens is 348 g/mol. The van der Waals surface area contributed by atoms with Crippen LogP contribution in [0.3, 0.4) is 0 Å². The molecule has 2 rings (SSSR count). The van der Waals surface area contributed by atoms with Crippen LogP contribution >= 0.6 is 15.9 Å². The van der Waals surface area contributed by atoms with Gasteiger partial charge in [0.2, 0.25) is 5.91 Å². The summed E-state index contributed by atoms with van der Waals surface area (Å²) in [5.74, 6) is 0.0655. The van der Waals surface area contributed by atoms with E-state index in [1.165, 1.54) is 12.3 Å². The van der Waals surface area contributed by atoms with Gasteiger partial charge in [0.25, 0.3) is 0 Å². The predicted octanol–water partition coefficient (Wildman–Crippen LogP) is 2.94. The van der Waals surface area contributed by atoms with Crippen LogP contribution in [0.1, 0.15) is 17.5 Å². The summed E-state index contributed by atoms with van der Waals surface area (Å²) < 4.78 is 0.811. The zero-order chi connectivity index (χ0) is 15.9. The van der Waals surface area contributed by atoms with Crippen molar-refractivity contribution in [3.8, 4) is 11.5 Å². The van der Waals surface area contributed by atoms with Crippen molar-refractivity contribution in [2.24, 2.45) is 5.10 Å². The number of amides is 1. The van der Waals surface area contributed by atoms with Gasteiger partial charge in [-0.1, -0.05) is 28.1 Å². The van der Waals surface area contributed by atoms with Gasteiger partial charge in [0.15, 0.2) is 0 Å². The third-order valence-electron chi connectivity index (χ3n) is 2.96. The molecule has 0 atom stereocenters. The Balaban J connectivity index is 1.83. The highest BCUT2D eigenvalue weighted by Crippen LogP contribution is 2.19. The molecule has 22 heavy (non-hydrogen) atoms.